The molecule has 20 N–H and O–H groups in total. The van der Waals surface area contributed by atoms with Crippen LogP contribution >= 0.6 is 0 Å². The number of carbonyl (C=O) groups is 9. The Balaban J connectivity index is 1.26. The minimum atomic E-state index is -2.47. The molecule has 540 valence electrons. The standard InChI is InChI=1S/C66H73F2N9O24/c1-23(2)12-34(71-5)58(88)76-49-51(83)26-7-10-38(32(67)14-26)97-40-16-28-17-41(56(40)101-65-54(86)53(85)52(84)42(22-78)99-65)98-39-11-8-27(15-33(39)68)55(100-44-21-66(4,70)57(87)24(3)96-44)50-63(93)75-48(64(94)95)31-18-29(79)19-37(81)45(31)30-13-25(6-9-36(30)80)46(60(90)77-50)74-61(91)47(28)73-59(89)35(20-43(69)82)72-62(49)92/h6-11,13-19,23-24,34-35,42,44,46-55,65,71,78-81,83-86H,12,20-22,70H2,1-5H3,(H2,69,82)(H,72,92)(H,73,89)(H,74,91)(H,75,93)(H,76,88)(H,77,90)(H,94,95)/t24-,34+,35?,42+,44?,46?,47?,48?,49?,50?,51?,52+,53-,54+,55?,65?,66-/m0/s1. The van der Waals surface area contributed by atoms with Gasteiger partial charge in [0.15, 0.2) is 52.7 Å². The van der Waals surface area contributed by atoms with Gasteiger partial charge < -0.3 is 123 Å². The lowest BCUT2D eigenvalue weighted by atomic mass is 9.88. The smallest absolute Gasteiger partial charge is 0.330 e. The van der Waals surface area contributed by atoms with Crippen molar-refractivity contribution >= 4 is 53.1 Å². The van der Waals surface area contributed by atoms with Crippen LogP contribution in [0.4, 0.5) is 8.78 Å². The van der Waals surface area contributed by atoms with Crippen molar-refractivity contribution in [2.24, 2.45) is 17.4 Å². The molecule has 7 aliphatic heterocycles. The molecule has 0 aliphatic carbocycles. The van der Waals surface area contributed by atoms with Crippen LogP contribution in [0.3, 0.4) is 0 Å². The first kappa shape index (κ1) is 73.5. The lowest BCUT2D eigenvalue weighted by molar-refractivity contribution is -0.277. The van der Waals surface area contributed by atoms with Gasteiger partial charge in [-0.15, -0.1) is 0 Å². The summed E-state index contributed by atoms with van der Waals surface area (Å²) in [7, 11) is 1.43. The molecule has 5 aromatic carbocycles. The summed E-state index contributed by atoms with van der Waals surface area (Å²) < 4.78 is 71.6. The normalized spacial score (nSPS) is 28.7. The number of nitrogens with one attached hydrogen (secondary N) is 7. The molecule has 7 amide bonds. The van der Waals surface area contributed by atoms with Gasteiger partial charge in [-0.25, -0.2) is 13.6 Å². The first-order valence-electron chi connectivity index (χ1n) is 31.5. The predicted molar refractivity (Wildman–Crippen MR) is 338 cm³/mol. The number of carboxylic acids is 1. The third kappa shape index (κ3) is 15.4. The minimum absolute atomic E-state index is 0.140. The van der Waals surface area contributed by atoms with Crippen molar-refractivity contribution in [1.29, 1.82) is 0 Å². The zero-order valence-electron chi connectivity index (χ0n) is 54.2. The highest BCUT2D eigenvalue weighted by Crippen LogP contribution is 2.49. The van der Waals surface area contributed by atoms with Gasteiger partial charge in [0.25, 0.3) is 0 Å². The Morgan fingerprint density at radius 2 is 1.33 bits per heavy atom. The fraction of sp³-hybridized carbons (Fsp3) is 0.409. The van der Waals surface area contributed by atoms with Crippen molar-refractivity contribution in [3.05, 3.63) is 118 Å². The highest BCUT2D eigenvalue weighted by molar-refractivity contribution is 6.00. The van der Waals surface area contributed by atoms with Crippen molar-refractivity contribution < 1.29 is 126 Å². The zero-order valence-corrected chi connectivity index (χ0v) is 54.2. The molecule has 33 nitrogen and oxygen atoms in total. The maximum atomic E-state index is 17.7. The highest BCUT2D eigenvalue weighted by atomic mass is 19.1. The summed E-state index contributed by atoms with van der Waals surface area (Å²) >= 11 is 0. The van der Waals surface area contributed by atoms with Crippen LogP contribution in [0.15, 0.2) is 78.9 Å². The average molecular weight is 1410 g/mol. The highest BCUT2D eigenvalue weighted by Gasteiger charge is 2.49. The van der Waals surface area contributed by atoms with E-state index in [2.05, 4.69) is 37.2 Å². The number of aliphatic hydroxyl groups is 5. The van der Waals surface area contributed by atoms with Crippen molar-refractivity contribution in [3.8, 4) is 57.1 Å². The topological polar surface area (TPSA) is 527 Å². The number of phenolic OH excluding ortho intramolecular Hbond substituents is 3. The molecule has 2 fully saturated rings. The van der Waals surface area contributed by atoms with E-state index in [0.29, 0.717) is 12.1 Å². The molecular weight excluding hydrogens is 1340 g/mol. The number of hydrogen-bond donors (Lipinski definition) is 18. The number of primary amides is 1. The van der Waals surface area contributed by atoms with E-state index in [0.717, 1.165) is 66.7 Å². The van der Waals surface area contributed by atoms with E-state index in [4.69, 9.17) is 39.9 Å². The first-order chi connectivity index (χ1) is 47.7. The number of benzene rings is 5. The Morgan fingerprint density at radius 3 is 1.93 bits per heavy atom. The summed E-state index contributed by atoms with van der Waals surface area (Å²) in [5.41, 5.74) is 6.71. The Morgan fingerprint density at radius 1 is 0.713 bits per heavy atom. The van der Waals surface area contributed by atoms with Crippen molar-refractivity contribution in [2.75, 3.05) is 13.7 Å². The van der Waals surface area contributed by atoms with Crippen molar-refractivity contribution in [3.63, 3.8) is 0 Å². The molecule has 0 aromatic heterocycles. The number of hydrogen-bond acceptors (Lipinski definition) is 25. The van der Waals surface area contributed by atoms with Crippen LogP contribution in [0, 0.1) is 17.6 Å². The van der Waals surface area contributed by atoms with E-state index in [1.54, 1.807) is 13.8 Å². The van der Waals surface area contributed by atoms with E-state index >= 15 is 28.0 Å². The van der Waals surface area contributed by atoms with E-state index in [-0.39, 0.29) is 12.3 Å². The van der Waals surface area contributed by atoms with Gasteiger partial charge in [-0.3, -0.25) is 38.4 Å². The number of carbonyl (C=O) groups excluding carboxylic acids is 8. The van der Waals surface area contributed by atoms with Crippen LogP contribution in [0.5, 0.6) is 46.0 Å². The van der Waals surface area contributed by atoms with Crippen molar-refractivity contribution in [1.82, 2.24) is 37.2 Å². The van der Waals surface area contributed by atoms with Gasteiger partial charge in [0.2, 0.25) is 53.4 Å². The van der Waals surface area contributed by atoms with E-state index in [1.807, 2.05) is 0 Å². The van der Waals surface area contributed by atoms with Crippen LogP contribution in [-0.2, 0) is 57.4 Å². The number of nitrogens with two attached hydrogens (primary N) is 2. The van der Waals surface area contributed by atoms with E-state index in [9.17, 15) is 69.9 Å². The predicted octanol–water partition coefficient (Wildman–Crippen LogP) is -0.714. The quantitative estimate of drug-likeness (QED) is 0.0692. The summed E-state index contributed by atoms with van der Waals surface area (Å²) in [6, 6.07) is -3.67. The number of carboxylic acid groups (broad SMARTS) is 1. The maximum absolute atomic E-state index is 17.7. The number of aliphatic carboxylic acids is 1. The Bertz CT molecular complexity index is 4130. The summed E-state index contributed by atoms with van der Waals surface area (Å²) in [5, 5.41) is 118. The number of phenols is 3. The van der Waals surface area contributed by atoms with Crippen LogP contribution < -0.4 is 62.9 Å². The molecule has 5 aromatic rings. The summed E-state index contributed by atoms with van der Waals surface area (Å²) in [6.07, 6.45) is -19.3. The van der Waals surface area contributed by atoms with Crippen molar-refractivity contribution in [2.45, 2.75) is 150 Å². The fourth-order valence-corrected chi connectivity index (χ4v) is 12.4. The SMILES string of the molecule is CN[C@H](CC(C)C)C(=O)NC1C(=O)NC(CC(N)=O)C(=O)NC2C(=O)NC3C(=O)NC(C(=O)NC(C(=O)O)c4cc(O)cc(O)c4-c4cc3ccc4O)C(OC3C[C@](C)(N)C(=O)[C@H](C)O3)c3ccc(c(F)c3)Oc3cc2cc(c3OC2O[C@H](CO)[C@@H](O)[C@H](O)[C@H]2O)Oc2ccc(cc2F)C1O. The van der Waals surface area contributed by atoms with E-state index < -0.39 is 272 Å². The van der Waals surface area contributed by atoms with Crippen LogP contribution in [0.1, 0.15) is 105 Å². The molecule has 7 aliphatic rings. The third-order valence-corrected chi connectivity index (χ3v) is 17.5. The maximum Gasteiger partial charge on any atom is 0.330 e. The number of aromatic hydroxyl groups is 3. The number of aliphatic hydroxyl groups excluding tert-OH is 5. The zero-order chi connectivity index (χ0) is 73.5. The van der Waals surface area contributed by atoms with Gasteiger partial charge in [0.05, 0.1) is 24.6 Å². The number of amides is 7. The summed E-state index contributed by atoms with van der Waals surface area (Å²) in [4.78, 5) is 131. The lowest BCUT2D eigenvalue weighted by Gasteiger charge is -2.40. The lowest BCUT2D eigenvalue weighted by Crippen LogP contribution is -2.60. The van der Waals surface area contributed by atoms with Gasteiger partial charge in [-0.2, -0.15) is 0 Å². The minimum Gasteiger partial charge on any atom is -0.508 e. The van der Waals surface area contributed by atoms with Gasteiger partial charge in [-0.05, 0) is 110 Å². The van der Waals surface area contributed by atoms with Gasteiger partial charge >= 0.3 is 5.97 Å². The second-order valence-electron chi connectivity index (χ2n) is 25.5. The number of likely N-dealkylation sites (N-methyl/N-ethyl adjacent to an activating group) is 1. The third-order valence-electron chi connectivity index (χ3n) is 17.5. The molecule has 11 bridgehead atoms. The average Bonchev–Trinajstić information content (AvgIpc) is 0.770. The summed E-state index contributed by atoms with van der Waals surface area (Å²) in [6.45, 7) is 5.16. The van der Waals surface area contributed by atoms with Crippen LogP contribution in [0.2, 0.25) is 0 Å². The molecule has 0 saturated carbocycles. The Hall–Kier alpha value is -10.2. The second-order valence-corrected chi connectivity index (χ2v) is 25.5. The summed E-state index contributed by atoms with van der Waals surface area (Å²) in [5.74, 6) is -22.0. The first-order valence-corrected chi connectivity index (χ1v) is 31.5. The molecule has 12 rings (SSSR count). The van der Waals surface area contributed by atoms with Gasteiger partial charge in [0.1, 0.15) is 90.2 Å². The Kier molecular flexibility index (Phi) is 21.5. The largest absolute Gasteiger partial charge is 0.508 e. The number of halogens is 2. The molecule has 0 radical (unpaired) electrons. The fourth-order valence-electron chi connectivity index (χ4n) is 12.4. The molecule has 0 spiro atoms. The van der Waals surface area contributed by atoms with Crippen LogP contribution in [-0.4, -0.2) is 186 Å². The number of rotatable bonds is 13. The molecular formula is C66H73F2N9O24. The molecule has 2 saturated heterocycles. The number of fused-ring (bicyclic) bond motifs is 15. The molecule has 17 atom stereocenters. The van der Waals surface area contributed by atoms with Crippen LogP contribution in [0.25, 0.3) is 11.1 Å². The van der Waals surface area contributed by atoms with Gasteiger partial charge in [0, 0.05) is 29.2 Å². The second kappa shape index (κ2) is 29.5. The molecule has 7 heterocycles. The number of Topliss-reactive ketones (excluding diaryl/α,β-unsaturated/α-hetero) is 1. The van der Waals surface area contributed by atoms with Gasteiger partial charge in [-0.1, -0.05) is 32.0 Å². The number of ether oxygens (including phenoxy) is 6. The Labute approximate surface area is 571 Å². The molecule has 101 heavy (non-hydrogen) atoms. The molecule has 35 heteroatoms. The van der Waals surface area contributed by atoms with E-state index in [1.165, 1.54) is 20.9 Å². The molecule has 10 unspecified atom stereocenters. The number of ketones is 1. The monoisotopic (exact) mass is 1410 g/mol.